The highest BCUT2D eigenvalue weighted by Gasteiger charge is 2.12. The van der Waals surface area contributed by atoms with E-state index in [1.807, 2.05) is 43.3 Å². The number of ether oxygens (including phenoxy) is 1. The molecule has 1 N–H and O–H groups in total. The first kappa shape index (κ1) is 17.8. The molecule has 5 nitrogen and oxygen atoms in total. The lowest BCUT2D eigenvalue weighted by Gasteiger charge is -2.10. The van der Waals surface area contributed by atoms with Crippen molar-refractivity contribution >= 4 is 34.3 Å². The van der Waals surface area contributed by atoms with Crippen molar-refractivity contribution < 1.29 is 9.53 Å². The van der Waals surface area contributed by atoms with Crippen molar-refractivity contribution in [2.75, 3.05) is 18.2 Å². The number of pyridine rings is 1. The minimum absolute atomic E-state index is 0.150. The predicted octanol–water partition coefficient (Wildman–Crippen LogP) is 4.15. The lowest BCUT2D eigenvalue weighted by molar-refractivity contribution is -0.113. The fourth-order valence-corrected chi connectivity index (χ4v) is 3.34. The number of hydrogen-bond donors (Lipinski definition) is 1. The SMILES string of the molecule is COc1ccccc1NC(=O)CSc1nc2c(C)cccc2cc1C#N. The van der Waals surface area contributed by atoms with Crippen LogP contribution in [0.4, 0.5) is 5.69 Å². The van der Waals surface area contributed by atoms with Gasteiger partial charge in [-0.05, 0) is 30.7 Å². The van der Waals surface area contributed by atoms with Gasteiger partial charge in [0.1, 0.15) is 16.8 Å². The molecule has 0 fully saturated rings. The number of benzene rings is 2. The van der Waals surface area contributed by atoms with Crippen LogP contribution in [0.1, 0.15) is 11.1 Å². The van der Waals surface area contributed by atoms with E-state index in [0.29, 0.717) is 22.0 Å². The highest BCUT2D eigenvalue weighted by molar-refractivity contribution is 8.00. The van der Waals surface area contributed by atoms with Crippen molar-refractivity contribution in [3.8, 4) is 11.8 Å². The molecule has 1 aromatic heterocycles. The largest absolute Gasteiger partial charge is 0.495 e. The molecule has 6 heteroatoms. The van der Waals surface area contributed by atoms with Gasteiger partial charge in [0.2, 0.25) is 5.91 Å². The van der Waals surface area contributed by atoms with Gasteiger partial charge in [-0.1, -0.05) is 42.1 Å². The Morgan fingerprint density at radius 3 is 2.85 bits per heavy atom. The van der Waals surface area contributed by atoms with Crippen LogP contribution >= 0.6 is 11.8 Å². The van der Waals surface area contributed by atoms with E-state index < -0.39 is 0 Å². The molecule has 0 saturated carbocycles. The number of amides is 1. The third-order valence-electron chi connectivity index (χ3n) is 3.85. The Balaban J connectivity index is 1.78. The van der Waals surface area contributed by atoms with Gasteiger partial charge >= 0.3 is 0 Å². The topological polar surface area (TPSA) is 75.0 Å². The molecule has 1 amide bonds. The number of para-hydroxylation sites is 3. The number of nitrogens with one attached hydrogen (secondary N) is 1. The molecule has 0 radical (unpaired) electrons. The second kappa shape index (κ2) is 7.89. The average molecular weight is 363 g/mol. The number of thioether (sulfide) groups is 1. The number of nitrogens with zero attached hydrogens (tertiary/aromatic N) is 2. The van der Waals surface area contributed by atoms with Gasteiger partial charge in [-0.25, -0.2) is 4.98 Å². The summed E-state index contributed by atoms with van der Waals surface area (Å²) in [6.07, 6.45) is 0. The number of nitriles is 1. The maximum absolute atomic E-state index is 12.3. The molecular weight excluding hydrogens is 346 g/mol. The minimum atomic E-state index is -0.185. The molecule has 1 heterocycles. The molecule has 0 bridgehead atoms. The van der Waals surface area contributed by atoms with Crippen molar-refractivity contribution in [2.24, 2.45) is 0 Å². The third kappa shape index (κ3) is 3.79. The van der Waals surface area contributed by atoms with E-state index in [9.17, 15) is 10.1 Å². The smallest absolute Gasteiger partial charge is 0.234 e. The summed E-state index contributed by atoms with van der Waals surface area (Å²) >= 11 is 1.25. The molecule has 130 valence electrons. The summed E-state index contributed by atoms with van der Waals surface area (Å²) < 4.78 is 5.23. The van der Waals surface area contributed by atoms with Gasteiger partial charge < -0.3 is 10.1 Å². The Hall–Kier alpha value is -3.04. The third-order valence-corrected chi connectivity index (χ3v) is 4.85. The fourth-order valence-electron chi connectivity index (χ4n) is 2.59. The van der Waals surface area contributed by atoms with Crippen molar-refractivity contribution in [1.29, 1.82) is 5.26 Å². The number of fused-ring (bicyclic) bond motifs is 1. The predicted molar refractivity (Wildman–Crippen MR) is 104 cm³/mol. The number of rotatable bonds is 5. The van der Waals surface area contributed by atoms with Crippen LogP contribution in [-0.4, -0.2) is 23.8 Å². The van der Waals surface area contributed by atoms with Crippen LogP contribution < -0.4 is 10.1 Å². The normalized spacial score (nSPS) is 10.3. The van der Waals surface area contributed by atoms with Crippen molar-refractivity contribution in [3.05, 3.63) is 59.7 Å². The molecule has 0 spiro atoms. The van der Waals surface area contributed by atoms with Crippen molar-refractivity contribution in [1.82, 2.24) is 4.98 Å². The second-order valence-electron chi connectivity index (χ2n) is 5.64. The molecule has 3 rings (SSSR count). The molecule has 0 aliphatic rings. The monoisotopic (exact) mass is 363 g/mol. The number of aryl methyl sites for hydroxylation is 1. The first-order chi connectivity index (χ1) is 12.6. The summed E-state index contributed by atoms with van der Waals surface area (Å²) in [5.41, 5.74) is 2.97. The molecule has 0 aliphatic carbocycles. The first-order valence-corrected chi connectivity index (χ1v) is 8.97. The van der Waals surface area contributed by atoms with Gasteiger partial charge in [0, 0.05) is 5.39 Å². The molecule has 0 saturated heterocycles. The van der Waals surface area contributed by atoms with E-state index in [1.54, 1.807) is 19.2 Å². The molecule has 2 aromatic carbocycles. The van der Waals surface area contributed by atoms with E-state index >= 15 is 0 Å². The van der Waals surface area contributed by atoms with Gasteiger partial charge in [-0.2, -0.15) is 5.26 Å². The van der Waals surface area contributed by atoms with Crippen LogP contribution in [-0.2, 0) is 4.79 Å². The van der Waals surface area contributed by atoms with Gasteiger partial charge in [-0.15, -0.1) is 0 Å². The van der Waals surface area contributed by atoms with E-state index in [-0.39, 0.29) is 11.7 Å². The fraction of sp³-hybridized carbons (Fsp3) is 0.150. The highest BCUT2D eigenvalue weighted by Crippen LogP contribution is 2.27. The van der Waals surface area contributed by atoms with Crippen LogP contribution in [0.5, 0.6) is 5.75 Å². The van der Waals surface area contributed by atoms with E-state index in [2.05, 4.69) is 16.4 Å². The zero-order valence-corrected chi connectivity index (χ0v) is 15.3. The number of hydrogen-bond acceptors (Lipinski definition) is 5. The summed E-state index contributed by atoms with van der Waals surface area (Å²) in [6.45, 7) is 1.98. The van der Waals surface area contributed by atoms with E-state index in [1.165, 1.54) is 11.8 Å². The maximum Gasteiger partial charge on any atom is 0.234 e. The first-order valence-electron chi connectivity index (χ1n) is 7.98. The minimum Gasteiger partial charge on any atom is -0.495 e. The molecular formula is C20H17N3O2S. The number of carbonyl (C=O) groups is 1. The molecule has 3 aromatic rings. The van der Waals surface area contributed by atoms with Gasteiger partial charge in [0.05, 0.1) is 29.6 Å². The van der Waals surface area contributed by atoms with Crippen LogP contribution in [0.15, 0.2) is 53.6 Å². The Kier molecular flexibility index (Phi) is 5.40. The van der Waals surface area contributed by atoms with Gasteiger partial charge in [-0.3, -0.25) is 4.79 Å². The number of anilines is 1. The summed E-state index contributed by atoms with van der Waals surface area (Å²) in [4.78, 5) is 16.9. The zero-order chi connectivity index (χ0) is 18.5. The summed E-state index contributed by atoms with van der Waals surface area (Å²) in [5.74, 6) is 0.565. The Morgan fingerprint density at radius 1 is 1.27 bits per heavy atom. The standard InChI is InChI=1S/C20H17N3O2S/c1-13-6-5-7-14-10-15(11-21)20(23-19(13)14)26-12-18(24)22-16-8-3-4-9-17(16)25-2/h3-10H,12H2,1-2H3,(H,22,24). The Bertz CT molecular complexity index is 1010. The van der Waals surface area contributed by atoms with Crippen molar-refractivity contribution in [3.63, 3.8) is 0 Å². The molecule has 0 unspecified atom stereocenters. The molecule has 0 aliphatic heterocycles. The van der Waals surface area contributed by atoms with E-state index in [4.69, 9.17) is 4.74 Å². The summed E-state index contributed by atoms with van der Waals surface area (Å²) in [6, 6.07) is 17.0. The summed E-state index contributed by atoms with van der Waals surface area (Å²) in [7, 11) is 1.56. The number of aromatic nitrogens is 1. The van der Waals surface area contributed by atoms with Crippen LogP contribution in [0, 0.1) is 18.3 Å². The lowest BCUT2D eigenvalue weighted by atomic mass is 10.1. The molecule has 26 heavy (non-hydrogen) atoms. The number of carbonyl (C=O) groups excluding carboxylic acids is 1. The molecule has 0 atom stereocenters. The van der Waals surface area contributed by atoms with Crippen LogP contribution in [0.25, 0.3) is 10.9 Å². The Morgan fingerprint density at radius 2 is 2.08 bits per heavy atom. The highest BCUT2D eigenvalue weighted by atomic mass is 32.2. The van der Waals surface area contributed by atoms with Crippen molar-refractivity contribution in [2.45, 2.75) is 11.9 Å². The van der Waals surface area contributed by atoms with Crippen LogP contribution in [0.2, 0.25) is 0 Å². The lowest BCUT2D eigenvalue weighted by Crippen LogP contribution is -2.15. The average Bonchev–Trinajstić information content (AvgIpc) is 2.66. The second-order valence-corrected chi connectivity index (χ2v) is 6.60. The van der Waals surface area contributed by atoms with Crippen LogP contribution in [0.3, 0.4) is 0 Å². The van der Waals surface area contributed by atoms with E-state index in [0.717, 1.165) is 16.5 Å². The zero-order valence-electron chi connectivity index (χ0n) is 14.4. The van der Waals surface area contributed by atoms with Gasteiger partial charge in [0.15, 0.2) is 0 Å². The Labute approximate surface area is 156 Å². The summed E-state index contributed by atoms with van der Waals surface area (Å²) in [5, 5.41) is 13.7. The maximum atomic E-state index is 12.3. The number of methoxy groups -OCH3 is 1. The quantitative estimate of drug-likeness (QED) is 0.689. The van der Waals surface area contributed by atoms with Gasteiger partial charge in [0.25, 0.3) is 0 Å².